The van der Waals surface area contributed by atoms with Gasteiger partial charge >= 0.3 is 0 Å². The summed E-state index contributed by atoms with van der Waals surface area (Å²) in [7, 11) is 0. The molecule has 0 spiro atoms. The topological polar surface area (TPSA) is 43.1 Å². The second kappa shape index (κ2) is 16.3. The Bertz CT molecular complexity index is 236. The molecule has 0 bridgehead atoms. The van der Waals surface area contributed by atoms with Gasteiger partial charge in [0.25, 0.3) is 0 Å². The molecule has 2 N–H and O–H groups in total. The summed E-state index contributed by atoms with van der Waals surface area (Å²) in [6, 6.07) is 0. The number of unbranched alkanes of at least 4 members (excludes halogenated alkanes) is 11. The summed E-state index contributed by atoms with van der Waals surface area (Å²) in [6.45, 7) is 2.27. The molecule has 0 aliphatic heterocycles. The molecule has 0 atom stereocenters. The van der Waals surface area contributed by atoms with Crippen molar-refractivity contribution in [2.75, 3.05) is 0 Å². The quantitative estimate of drug-likeness (QED) is 0.312. The van der Waals surface area contributed by atoms with E-state index in [1.54, 1.807) is 0 Å². The van der Waals surface area contributed by atoms with Gasteiger partial charge in [-0.3, -0.25) is 4.79 Å². The Kier molecular flexibility index (Phi) is 15.6. The smallest absolute Gasteiger partial charge is 0.217 e. The molecule has 20 heavy (non-hydrogen) atoms. The number of carbonyl (C=O) groups excluding carboxylic acids is 1. The highest BCUT2D eigenvalue weighted by molar-refractivity contribution is 5.73. The maximum atomic E-state index is 10.5. The lowest BCUT2D eigenvalue weighted by molar-refractivity contribution is -0.117. The molecule has 0 aromatic carbocycles. The van der Waals surface area contributed by atoms with Crippen LogP contribution in [0, 0.1) is 0 Å². The van der Waals surface area contributed by atoms with E-state index in [4.69, 9.17) is 5.73 Å². The highest BCUT2D eigenvalue weighted by atomic mass is 16.1. The van der Waals surface area contributed by atoms with Crippen LogP contribution in [-0.4, -0.2) is 5.91 Å². The zero-order valence-electron chi connectivity index (χ0n) is 13.5. The Morgan fingerprint density at radius 3 is 1.70 bits per heavy atom. The van der Waals surface area contributed by atoms with Crippen molar-refractivity contribution in [2.45, 2.75) is 96.8 Å². The second-order valence-electron chi connectivity index (χ2n) is 5.80. The van der Waals surface area contributed by atoms with Crippen LogP contribution in [0.25, 0.3) is 0 Å². The molecular formula is C18H35NO. The number of hydrogen-bond donors (Lipinski definition) is 1. The summed E-state index contributed by atoms with van der Waals surface area (Å²) in [5, 5.41) is 0. The van der Waals surface area contributed by atoms with Crippen LogP contribution in [0.5, 0.6) is 0 Å². The van der Waals surface area contributed by atoms with E-state index >= 15 is 0 Å². The number of amides is 1. The first-order valence-electron chi connectivity index (χ1n) is 8.70. The van der Waals surface area contributed by atoms with Crippen LogP contribution in [0.3, 0.4) is 0 Å². The normalized spacial score (nSPS) is 11.2. The van der Waals surface area contributed by atoms with Gasteiger partial charge in [-0.15, -0.1) is 0 Å². The maximum Gasteiger partial charge on any atom is 0.217 e. The van der Waals surface area contributed by atoms with Gasteiger partial charge in [0, 0.05) is 6.42 Å². The maximum absolute atomic E-state index is 10.5. The molecular weight excluding hydrogens is 246 g/mol. The summed E-state index contributed by atoms with van der Waals surface area (Å²) in [5.74, 6) is -0.204. The highest BCUT2D eigenvalue weighted by Gasteiger charge is 1.93. The van der Waals surface area contributed by atoms with Crippen LogP contribution in [-0.2, 0) is 4.79 Å². The fourth-order valence-electron chi connectivity index (χ4n) is 2.39. The average Bonchev–Trinajstić information content (AvgIpc) is 2.43. The standard InChI is InChI=1S/C18H35NO/c1-2-3-4-5-6-7-8-9-10-11-12-13-14-15-16-17-18(19)20/h14-15H,2-13,16-17H2,1H3,(H2,19,20)/b15-14+. The van der Waals surface area contributed by atoms with E-state index in [0.29, 0.717) is 6.42 Å². The Morgan fingerprint density at radius 2 is 1.20 bits per heavy atom. The fraction of sp³-hybridized carbons (Fsp3) is 0.833. The molecule has 2 nitrogen and oxygen atoms in total. The monoisotopic (exact) mass is 281 g/mol. The Hall–Kier alpha value is -0.790. The largest absolute Gasteiger partial charge is 0.370 e. The van der Waals surface area contributed by atoms with Crippen molar-refractivity contribution >= 4 is 5.91 Å². The van der Waals surface area contributed by atoms with Crippen molar-refractivity contribution in [1.82, 2.24) is 0 Å². The lowest BCUT2D eigenvalue weighted by Gasteiger charge is -2.01. The van der Waals surface area contributed by atoms with Gasteiger partial charge in [0.1, 0.15) is 0 Å². The number of allylic oxidation sites excluding steroid dienone is 2. The molecule has 118 valence electrons. The molecule has 0 heterocycles. The van der Waals surface area contributed by atoms with E-state index < -0.39 is 0 Å². The number of carbonyl (C=O) groups is 1. The Morgan fingerprint density at radius 1 is 0.750 bits per heavy atom. The number of rotatable bonds is 15. The van der Waals surface area contributed by atoms with Crippen LogP contribution in [0.2, 0.25) is 0 Å². The van der Waals surface area contributed by atoms with Gasteiger partial charge in [-0.2, -0.15) is 0 Å². The minimum absolute atomic E-state index is 0.204. The van der Waals surface area contributed by atoms with Crippen molar-refractivity contribution in [3.8, 4) is 0 Å². The van der Waals surface area contributed by atoms with Crippen molar-refractivity contribution in [1.29, 1.82) is 0 Å². The van der Waals surface area contributed by atoms with Gasteiger partial charge < -0.3 is 5.73 Å². The lowest BCUT2D eigenvalue weighted by Crippen LogP contribution is -2.08. The third-order valence-electron chi connectivity index (χ3n) is 3.70. The molecule has 0 saturated heterocycles. The van der Waals surface area contributed by atoms with E-state index in [1.807, 2.05) is 0 Å². The molecule has 0 aliphatic rings. The molecule has 0 unspecified atom stereocenters. The van der Waals surface area contributed by atoms with E-state index in [-0.39, 0.29) is 5.91 Å². The van der Waals surface area contributed by atoms with Gasteiger partial charge in [0.15, 0.2) is 0 Å². The molecule has 0 aromatic rings. The molecule has 0 aliphatic carbocycles. The highest BCUT2D eigenvalue weighted by Crippen LogP contribution is 2.12. The molecule has 0 saturated carbocycles. The van der Waals surface area contributed by atoms with Crippen LogP contribution in [0.1, 0.15) is 96.8 Å². The molecule has 0 radical (unpaired) electrons. The summed E-state index contributed by atoms with van der Waals surface area (Å²) in [4.78, 5) is 10.5. The zero-order chi connectivity index (χ0) is 14.9. The Balaban J connectivity index is 3.04. The molecule has 0 fully saturated rings. The minimum atomic E-state index is -0.204. The van der Waals surface area contributed by atoms with Crippen LogP contribution in [0.15, 0.2) is 12.2 Å². The van der Waals surface area contributed by atoms with Crippen LogP contribution in [0.4, 0.5) is 0 Å². The fourth-order valence-corrected chi connectivity index (χ4v) is 2.39. The van der Waals surface area contributed by atoms with E-state index in [2.05, 4.69) is 19.1 Å². The molecule has 0 aromatic heterocycles. The zero-order valence-corrected chi connectivity index (χ0v) is 13.5. The summed E-state index contributed by atoms with van der Waals surface area (Å²) < 4.78 is 0. The van der Waals surface area contributed by atoms with Gasteiger partial charge in [-0.1, -0.05) is 83.3 Å². The van der Waals surface area contributed by atoms with E-state index in [0.717, 1.165) is 12.8 Å². The predicted octanol–water partition coefficient (Wildman–Crippen LogP) is 5.51. The molecule has 0 rings (SSSR count). The minimum Gasteiger partial charge on any atom is -0.370 e. The SMILES string of the molecule is CCCCCCCCCCCCC/C=C/CCC(N)=O. The molecule has 1 amide bonds. The first-order valence-corrected chi connectivity index (χ1v) is 8.70. The summed E-state index contributed by atoms with van der Waals surface area (Å²) >= 11 is 0. The number of primary amides is 1. The average molecular weight is 281 g/mol. The number of nitrogens with two attached hydrogens (primary N) is 1. The third kappa shape index (κ3) is 17.2. The summed E-state index contributed by atoms with van der Waals surface area (Å²) in [5.41, 5.74) is 5.07. The van der Waals surface area contributed by atoms with Crippen molar-refractivity contribution in [2.24, 2.45) is 5.73 Å². The third-order valence-corrected chi connectivity index (χ3v) is 3.70. The van der Waals surface area contributed by atoms with Crippen molar-refractivity contribution in [3.05, 3.63) is 12.2 Å². The van der Waals surface area contributed by atoms with Crippen LogP contribution >= 0.6 is 0 Å². The Labute approximate surface area is 126 Å². The van der Waals surface area contributed by atoms with Crippen molar-refractivity contribution in [3.63, 3.8) is 0 Å². The van der Waals surface area contributed by atoms with E-state index in [9.17, 15) is 4.79 Å². The first-order chi connectivity index (χ1) is 9.77. The van der Waals surface area contributed by atoms with Crippen molar-refractivity contribution < 1.29 is 4.79 Å². The van der Waals surface area contributed by atoms with Gasteiger partial charge in [0.2, 0.25) is 5.91 Å². The molecule has 2 heteroatoms. The van der Waals surface area contributed by atoms with Gasteiger partial charge in [-0.25, -0.2) is 0 Å². The first kappa shape index (κ1) is 19.2. The van der Waals surface area contributed by atoms with Gasteiger partial charge in [-0.05, 0) is 19.3 Å². The lowest BCUT2D eigenvalue weighted by atomic mass is 10.1. The summed E-state index contributed by atoms with van der Waals surface area (Å²) in [6.07, 6.45) is 22.0. The van der Waals surface area contributed by atoms with E-state index in [1.165, 1.54) is 70.6 Å². The van der Waals surface area contributed by atoms with Crippen LogP contribution < -0.4 is 5.73 Å². The predicted molar refractivity (Wildman–Crippen MR) is 88.6 cm³/mol. The van der Waals surface area contributed by atoms with Gasteiger partial charge in [0.05, 0.1) is 0 Å². The second-order valence-corrected chi connectivity index (χ2v) is 5.80. The number of hydrogen-bond acceptors (Lipinski definition) is 1.